The van der Waals surface area contributed by atoms with E-state index in [2.05, 4.69) is 0 Å². The van der Waals surface area contributed by atoms with Crippen LogP contribution in [0.25, 0.3) is 0 Å². The van der Waals surface area contributed by atoms with E-state index in [1.807, 2.05) is 0 Å². The molecule has 1 aliphatic rings. The van der Waals surface area contributed by atoms with Crippen molar-refractivity contribution in [2.75, 3.05) is 0 Å². The zero-order valence-corrected chi connectivity index (χ0v) is 10.7. The number of rotatable bonds is 2. The number of fused-ring (bicyclic) bond motifs is 1. The second-order valence-corrected chi connectivity index (χ2v) is 4.71. The minimum Gasteiger partial charge on any atom is -0.508 e. The van der Waals surface area contributed by atoms with E-state index < -0.39 is 23.4 Å². The Labute approximate surface area is 118 Å². The molecule has 0 atom stereocenters. The van der Waals surface area contributed by atoms with E-state index in [-0.39, 0.29) is 23.4 Å². The fraction of sp³-hybridized carbons (Fsp3) is 0.0667. The number of hydrogen-bond acceptors (Lipinski definition) is 4. The summed E-state index contributed by atoms with van der Waals surface area (Å²) in [5, 5.41) is 19.1. The molecule has 3 rings (SSSR count). The number of phenols is 2. The van der Waals surface area contributed by atoms with Gasteiger partial charge < -0.3 is 10.2 Å². The maximum absolute atomic E-state index is 13.2. The Morgan fingerprint density at radius 3 is 2.52 bits per heavy atom. The normalized spacial score (nSPS) is 13.7. The van der Waals surface area contributed by atoms with E-state index in [0.29, 0.717) is 5.56 Å². The first kappa shape index (κ1) is 13.1. The predicted octanol–water partition coefficient (Wildman–Crippen LogP) is 2.03. The van der Waals surface area contributed by atoms with Crippen LogP contribution in [-0.4, -0.2) is 26.9 Å². The zero-order valence-electron chi connectivity index (χ0n) is 10.7. The molecular formula is C15H10FNO4. The number of benzene rings is 2. The Morgan fingerprint density at radius 1 is 1.05 bits per heavy atom. The van der Waals surface area contributed by atoms with Crippen molar-refractivity contribution in [3.63, 3.8) is 0 Å². The van der Waals surface area contributed by atoms with E-state index in [9.17, 15) is 24.2 Å². The maximum atomic E-state index is 13.2. The van der Waals surface area contributed by atoms with Gasteiger partial charge in [-0.05, 0) is 23.8 Å². The second-order valence-electron chi connectivity index (χ2n) is 4.71. The summed E-state index contributed by atoms with van der Waals surface area (Å²) in [7, 11) is 0. The zero-order chi connectivity index (χ0) is 15.1. The molecule has 0 aliphatic carbocycles. The third kappa shape index (κ3) is 2.10. The molecular weight excluding hydrogens is 277 g/mol. The first-order chi connectivity index (χ1) is 9.97. The summed E-state index contributed by atoms with van der Waals surface area (Å²) in [6, 6.07) is 7.67. The molecule has 5 nitrogen and oxygen atoms in total. The molecule has 2 N–H and O–H groups in total. The van der Waals surface area contributed by atoms with Crippen molar-refractivity contribution in [3.05, 3.63) is 58.9 Å². The van der Waals surface area contributed by atoms with Crippen molar-refractivity contribution in [1.29, 1.82) is 0 Å². The van der Waals surface area contributed by atoms with Gasteiger partial charge in [-0.3, -0.25) is 14.5 Å². The predicted molar refractivity (Wildman–Crippen MR) is 70.4 cm³/mol. The highest BCUT2D eigenvalue weighted by Gasteiger charge is 2.38. The summed E-state index contributed by atoms with van der Waals surface area (Å²) < 4.78 is 13.2. The van der Waals surface area contributed by atoms with Crippen LogP contribution in [0.5, 0.6) is 11.5 Å². The van der Waals surface area contributed by atoms with Crippen LogP contribution in [0.3, 0.4) is 0 Å². The summed E-state index contributed by atoms with van der Waals surface area (Å²) in [6.45, 7) is -0.107. The summed E-state index contributed by atoms with van der Waals surface area (Å²) in [4.78, 5) is 25.3. The van der Waals surface area contributed by atoms with Crippen LogP contribution in [-0.2, 0) is 6.54 Å². The summed E-state index contributed by atoms with van der Waals surface area (Å²) >= 11 is 0. The Morgan fingerprint density at radius 2 is 1.81 bits per heavy atom. The van der Waals surface area contributed by atoms with Gasteiger partial charge >= 0.3 is 0 Å². The van der Waals surface area contributed by atoms with Gasteiger partial charge in [-0.2, -0.15) is 0 Å². The average molecular weight is 287 g/mol. The molecule has 0 saturated carbocycles. The summed E-state index contributed by atoms with van der Waals surface area (Å²) in [5.41, 5.74) is 0.247. The van der Waals surface area contributed by atoms with E-state index in [1.54, 1.807) is 6.07 Å². The van der Waals surface area contributed by atoms with Gasteiger partial charge in [0.15, 0.2) is 0 Å². The largest absolute Gasteiger partial charge is 0.508 e. The smallest absolute Gasteiger partial charge is 0.265 e. The number of halogens is 1. The van der Waals surface area contributed by atoms with Crippen molar-refractivity contribution in [2.45, 2.75) is 6.54 Å². The van der Waals surface area contributed by atoms with Crippen molar-refractivity contribution in [2.24, 2.45) is 0 Å². The second kappa shape index (κ2) is 4.59. The Bertz CT molecular complexity index is 772. The number of carbonyl (C=O) groups excluding carboxylic acids is 2. The van der Waals surface area contributed by atoms with Gasteiger partial charge in [-0.25, -0.2) is 4.39 Å². The number of aromatic hydroxyl groups is 2. The number of imide groups is 1. The van der Waals surface area contributed by atoms with E-state index in [1.165, 1.54) is 18.2 Å². The monoisotopic (exact) mass is 287 g/mol. The average Bonchev–Trinajstić information content (AvgIpc) is 2.64. The molecule has 0 radical (unpaired) electrons. The quantitative estimate of drug-likeness (QED) is 0.828. The van der Waals surface area contributed by atoms with Gasteiger partial charge in [0.1, 0.15) is 17.3 Å². The molecule has 21 heavy (non-hydrogen) atoms. The van der Waals surface area contributed by atoms with Gasteiger partial charge in [0.2, 0.25) is 0 Å². The highest BCUT2D eigenvalue weighted by Crippen LogP contribution is 2.34. The van der Waals surface area contributed by atoms with Crippen molar-refractivity contribution in [3.8, 4) is 11.5 Å². The van der Waals surface area contributed by atoms with Crippen LogP contribution in [0.1, 0.15) is 26.3 Å². The Kier molecular flexibility index (Phi) is 2.86. The molecule has 0 unspecified atom stereocenters. The molecule has 1 heterocycles. The van der Waals surface area contributed by atoms with Crippen LogP contribution in [0, 0.1) is 5.82 Å². The molecule has 2 amide bonds. The lowest BCUT2D eigenvalue weighted by atomic mass is 10.1. The molecule has 0 bridgehead atoms. The number of carbonyl (C=O) groups is 2. The van der Waals surface area contributed by atoms with E-state index in [0.717, 1.165) is 17.0 Å². The lowest BCUT2D eigenvalue weighted by Crippen LogP contribution is -2.29. The molecule has 0 spiro atoms. The van der Waals surface area contributed by atoms with Crippen LogP contribution in [0.4, 0.5) is 4.39 Å². The molecule has 0 saturated heterocycles. The van der Waals surface area contributed by atoms with Crippen molar-refractivity contribution >= 4 is 11.8 Å². The van der Waals surface area contributed by atoms with E-state index in [4.69, 9.17) is 0 Å². The Hall–Kier alpha value is -2.89. The molecule has 0 fully saturated rings. The molecule has 106 valence electrons. The summed E-state index contributed by atoms with van der Waals surface area (Å²) in [6.07, 6.45) is 0. The number of phenolic OH excluding ortho intramolecular Hbond substituents is 2. The lowest BCUT2D eigenvalue weighted by Gasteiger charge is -2.13. The number of hydrogen-bond donors (Lipinski definition) is 2. The molecule has 2 aromatic rings. The van der Waals surface area contributed by atoms with Crippen molar-refractivity contribution < 1.29 is 24.2 Å². The number of nitrogens with zero attached hydrogens (tertiary/aromatic N) is 1. The first-order valence-electron chi connectivity index (χ1n) is 6.14. The van der Waals surface area contributed by atoms with Crippen LogP contribution in [0.15, 0.2) is 36.4 Å². The molecule has 2 aromatic carbocycles. The van der Waals surface area contributed by atoms with Gasteiger partial charge in [-0.15, -0.1) is 0 Å². The van der Waals surface area contributed by atoms with Crippen molar-refractivity contribution in [1.82, 2.24) is 4.90 Å². The van der Waals surface area contributed by atoms with E-state index >= 15 is 0 Å². The third-order valence-electron chi connectivity index (χ3n) is 3.27. The fourth-order valence-electron chi connectivity index (χ4n) is 2.34. The number of amides is 2. The highest BCUT2D eigenvalue weighted by molar-refractivity contribution is 6.22. The minimum atomic E-state index is -0.670. The van der Waals surface area contributed by atoms with Crippen LogP contribution >= 0.6 is 0 Å². The van der Waals surface area contributed by atoms with Gasteiger partial charge in [0, 0.05) is 6.07 Å². The minimum absolute atomic E-state index is 0.0612. The van der Waals surface area contributed by atoms with Gasteiger partial charge in [0.25, 0.3) is 11.8 Å². The fourth-order valence-corrected chi connectivity index (χ4v) is 2.34. The SMILES string of the molecule is O=C1c2cc(O)cc(O)c2C(=O)N1Cc1cccc(F)c1. The molecule has 1 aliphatic heterocycles. The van der Waals surface area contributed by atoms with Gasteiger partial charge in [-0.1, -0.05) is 12.1 Å². The lowest BCUT2D eigenvalue weighted by molar-refractivity contribution is 0.0641. The van der Waals surface area contributed by atoms with Gasteiger partial charge in [0.05, 0.1) is 17.7 Å². The highest BCUT2D eigenvalue weighted by atomic mass is 19.1. The van der Waals surface area contributed by atoms with Crippen LogP contribution in [0.2, 0.25) is 0 Å². The molecule has 6 heteroatoms. The standard InChI is InChI=1S/C15H10FNO4/c16-9-3-1-2-8(4-9)7-17-14(20)11-5-10(18)6-12(19)13(11)15(17)21/h1-6,18-19H,7H2. The summed E-state index contributed by atoms with van der Waals surface area (Å²) in [5.74, 6) is -2.53. The maximum Gasteiger partial charge on any atom is 0.265 e. The third-order valence-corrected chi connectivity index (χ3v) is 3.27. The first-order valence-corrected chi connectivity index (χ1v) is 6.14. The van der Waals surface area contributed by atoms with Crippen LogP contribution < -0.4 is 0 Å². The topological polar surface area (TPSA) is 77.8 Å². The Balaban J connectivity index is 1.98. The molecule has 0 aromatic heterocycles.